The van der Waals surface area contributed by atoms with Crippen LogP contribution in [0.2, 0.25) is 0 Å². The molecule has 0 amide bonds. The van der Waals surface area contributed by atoms with E-state index in [9.17, 15) is 18.0 Å². The highest BCUT2D eigenvalue weighted by molar-refractivity contribution is 5.71. The number of fused-ring (bicyclic) bond motifs is 1. The van der Waals surface area contributed by atoms with Gasteiger partial charge in [0, 0.05) is 18.6 Å². The van der Waals surface area contributed by atoms with Gasteiger partial charge in [-0.15, -0.1) is 0 Å². The van der Waals surface area contributed by atoms with Gasteiger partial charge in [0.1, 0.15) is 5.65 Å². The van der Waals surface area contributed by atoms with Crippen molar-refractivity contribution in [2.75, 3.05) is 0 Å². The van der Waals surface area contributed by atoms with Crippen LogP contribution in [0.5, 0.6) is 0 Å². The van der Waals surface area contributed by atoms with Gasteiger partial charge in [-0.05, 0) is 30.4 Å². The quantitative estimate of drug-likeness (QED) is 0.376. The van der Waals surface area contributed by atoms with Crippen molar-refractivity contribution in [3.8, 4) is 0 Å². The Balaban J connectivity index is 1.99. The normalized spacial score (nSPS) is 15.8. The topological polar surface area (TPSA) is 89.7 Å². The first kappa shape index (κ1) is 16.3. The maximum Gasteiger partial charge on any atom is 0.419 e. The third-order valence-electron chi connectivity index (χ3n) is 3.77. The van der Waals surface area contributed by atoms with E-state index in [0.717, 1.165) is 17.9 Å². The zero-order valence-corrected chi connectivity index (χ0v) is 12.6. The number of aromatic nitrogens is 2. The van der Waals surface area contributed by atoms with E-state index >= 15 is 0 Å². The van der Waals surface area contributed by atoms with Crippen LogP contribution in [0.1, 0.15) is 35.6 Å². The van der Waals surface area contributed by atoms with Crippen LogP contribution in [0.4, 0.5) is 13.2 Å². The summed E-state index contributed by atoms with van der Waals surface area (Å²) in [5.41, 5.74) is 5.33. The summed E-state index contributed by atoms with van der Waals surface area (Å²) in [6.45, 7) is 0.0201. The molecular formula is C15H16F3N5O. The predicted molar refractivity (Wildman–Crippen MR) is 80.2 cm³/mol. The summed E-state index contributed by atoms with van der Waals surface area (Å²) in [5.74, 6) is 5.85. The van der Waals surface area contributed by atoms with Gasteiger partial charge in [-0.25, -0.2) is 10.8 Å². The number of pyridine rings is 1. The molecule has 1 aliphatic carbocycles. The molecule has 0 aliphatic heterocycles. The maximum absolute atomic E-state index is 13.3. The molecule has 0 spiro atoms. The summed E-state index contributed by atoms with van der Waals surface area (Å²) < 4.78 is 41.3. The van der Waals surface area contributed by atoms with Crippen molar-refractivity contribution in [3.05, 3.63) is 47.2 Å². The molecule has 2 heterocycles. The molecule has 0 aromatic carbocycles. The van der Waals surface area contributed by atoms with Crippen LogP contribution in [-0.4, -0.2) is 20.7 Å². The summed E-state index contributed by atoms with van der Waals surface area (Å²) in [6.07, 6.45) is 2.10. The van der Waals surface area contributed by atoms with E-state index in [-0.39, 0.29) is 23.8 Å². The number of hydrogen-bond acceptors (Lipinski definition) is 5. The van der Waals surface area contributed by atoms with Crippen LogP contribution < -0.4 is 11.6 Å². The lowest BCUT2D eigenvalue weighted by Gasteiger charge is -2.11. The minimum atomic E-state index is -4.49. The number of rotatable bonds is 5. The minimum Gasteiger partial charge on any atom is -0.395 e. The number of imidazole rings is 1. The van der Waals surface area contributed by atoms with Gasteiger partial charge in [-0.1, -0.05) is 0 Å². The Hall–Kier alpha value is -2.55. The predicted octanol–water partition coefficient (Wildman–Crippen LogP) is 1.91. The second kappa shape index (κ2) is 5.82. The monoisotopic (exact) mass is 339 g/mol. The molecule has 24 heavy (non-hydrogen) atoms. The first-order valence-electron chi connectivity index (χ1n) is 7.30. The SMILES string of the molecule is N/C(C=O)=C\N(N)Cc1cn2cc(C3CC3)cc(C(F)(F)F)c2n1. The number of hydrazine groups is 1. The largest absolute Gasteiger partial charge is 0.419 e. The molecule has 0 bridgehead atoms. The van der Waals surface area contributed by atoms with Crippen LogP contribution >= 0.6 is 0 Å². The number of nitrogens with zero attached hydrogens (tertiary/aromatic N) is 3. The smallest absolute Gasteiger partial charge is 0.395 e. The standard InChI is InChI=1S/C15H16F3N5O/c16-15(17,18)13-3-10(9-1-2-9)4-22-6-12(21-14(13)22)7-23(20)5-11(19)8-24/h3-6,8-9H,1-2,7,19-20H2/b11-5-. The van der Waals surface area contributed by atoms with Gasteiger partial charge in [-0.2, -0.15) is 13.2 Å². The zero-order chi connectivity index (χ0) is 17.5. The van der Waals surface area contributed by atoms with Gasteiger partial charge < -0.3 is 15.1 Å². The highest BCUT2D eigenvalue weighted by Gasteiger charge is 2.36. The lowest BCUT2D eigenvalue weighted by atomic mass is 10.1. The number of aldehydes is 1. The van der Waals surface area contributed by atoms with E-state index in [1.165, 1.54) is 22.9 Å². The lowest BCUT2D eigenvalue weighted by Crippen LogP contribution is -2.26. The molecule has 1 aliphatic rings. The van der Waals surface area contributed by atoms with E-state index in [4.69, 9.17) is 11.6 Å². The number of hydrogen-bond donors (Lipinski definition) is 2. The van der Waals surface area contributed by atoms with E-state index in [0.29, 0.717) is 17.5 Å². The molecule has 2 aromatic rings. The van der Waals surface area contributed by atoms with E-state index in [1.54, 1.807) is 6.20 Å². The Bertz CT molecular complexity index is 807. The minimum absolute atomic E-state index is 0.0201. The summed E-state index contributed by atoms with van der Waals surface area (Å²) in [7, 11) is 0. The highest BCUT2D eigenvalue weighted by Crippen LogP contribution is 2.42. The molecule has 0 saturated heterocycles. The zero-order valence-electron chi connectivity index (χ0n) is 12.6. The molecule has 9 heteroatoms. The van der Waals surface area contributed by atoms with E-state index in [1.807, 2.05) is 0 Å². The fraction of sp³-hybridized carbons (Fsp3) is 0.333. The van der Waals surface area contributed by atoms with Gasteiger partial charge in [0.25, 0.3) is 0 Å². The lowest BCUT2D eigenvalue weighted by molar-refractivity contribution is -0.136. The van der Waals surface area contributed by atoms with E-state index < -0.39 is 11.7 Å². The van der Waals surface area contributed by atoms with Crippen molar-refractivity contribution < 1.29 is 18.0 Å². The third kappa shape index (κ3) is 3.35. The first-order chi connectivity index (χ1) is 11.3. The van der Waals surface area contributed by atoms with Crippen molar-refractivity contribution in [3.63, 3.8) is 0 Å². The van der Waals surface area contributed by atoms with Crippen molar-refractivity contribution >= 4 is 11.9 Å². The number of carbonyl (C=O) groups is 1. The second-order valence-corrected chi connectivity index (χ2v) is 5.84. The molecular weight excluding hydrogens is 323 g/mol. The van der Waals surface area contributed by atoms with Gasteiger partial charge in [0.15, 0.2) is 6.29 Å². The molecule has 0 unspecified atom stereocenters. The van der Waals surface area contributed by atoms with Gasteiger partial charge in [-0.3, -0.25) is 4.79 Å². The van der Waals surface area contributed by atoms with Crippen molar-refractivity contribution in [2.45, 2.75) is 31.5 Å². The number of carbonyl (C=O) groups excluding carboxylic acids is 1. The molecule has 2 aromatic heterocycles. The summed E-state index contributed by atoms with van der Waals surface area (Å²) in [6, 6.07) is 1.17. The Kier molecular flexibility index (Phi) is 3.96. The fourth-order valence-electron chi connectivity index (χ4n) is 2.55. The molecule has 0 atom stereocenters. The molecule has 4 N–H and O–H groups in total. The van der Waals surface area contributed by atoms with Crippen LogP contribution in [0, 0.1) is 0 Å². The van der Waals surface area contributed by atoms with Crippen LogP contribution in [-0.2, 0) is 17.5 Å². The molecule has 128 valence electrons. The first-order valence-corrected chi connectivity index (χ1v) is 7.30. The Morgan fingerprint density at radius 2 is 2.12 bits per heavy atom. The maximum atomic E-state index is 13.3. The molecule has 0 radical (unpaired) electrons. The van der Waals surface area contributed by atoms with Crippen LogP contribution in [0.3, 0.4) is 0 Å². The number of halogens is 3. The summed E-state index contributed by atoms with van der Waals surface area (Å²) in [4.78, 5) is 14.5. The molecule has 1 saturated carbocycles. The third-order valence-corrected chi connectivity index (χ3v) is 3.77. The summed E-state index contributed by atoms with van der Waals surface area (Å²) in [5, 5.41) is 1.10. The fourth-order valence-corrected chi connectivity index (χ4v) is 2.55. The number of nitrogens with two attached hydrogens (primary N) is 2. The molecule has 3 rings (SSSR count). The van der Waals surface area contributed by atoms with E-state index in [2.05, 4.69) is 4.98 Å². The van der Waals surface area contributed by atoms with Crippen LogP contribution in [0.15, 0.2) is 30.4 Å². The van der Waals surface area contributed by atoms with Crippen molar-refractivity contribution in [2.24, 2.45) is 11.6 Å². The Morgan fingerprint density at radius 1 is 1.42 bits per heavy atom. The Labute approximate surface area is 135 Å². The molecule has 1 fully saturated rings. The highest BCUT2D eigenvalue weighted by atomic mass is 19.4. The molecule has 6 nitrogen and oxygen atoms in total. The van der Waals surface area contributed by atoms with Crippen molar-refractivity contribution in [1.29, 1.82) is 0 Å². The second-order valence-electron chi connectivity index (χ2n) is 5.84. The average Bonchev–Trinajstić information content (AvgIpc) is 3.25. The van der Waals surface area contributed by atoms with Gasteiger partial charge in [0.2, 0.25) is 0 Å². The van der Waals surface area contributed by atoms with Gasteiger partial charge in [0.05, 0.1) is 23.5 Å². The summed E-state index contributed by atoms with van der Waals surface area (Å²) >= 11 is 0. The van der Waals surface area contributed by atoms with Gasteiger partial charge >= 0.3 is 6.18 Å². The van der Waals surface area contributed by atoms with Crippen molar-refractivity contribution in [1.82, 2.24) is 14.4 Å². The Morgan fingerprint density at radius 3 is 2.71 bits per heavy atom. The van der Waals surface area contributed by atoms with Crippen LogP contribution in [0.25, 0.3) is 5.65 Å². The number of allylic oxidation sites excluding steroid dienone is 1. The number of alkyl halides is 3. The average molecular weight is 339 g/mol.